The van der Waals surface area contributed by atoms with Crippen LogP contribution in [0.4, 0.5) is 0 Å². The molecule has 0 saturated heterocycles. The van der Waals surface area contributed by atoms with Gasteiger partial charge in [0, 0.05) is 19.7 Å². The molecule has 0 aliphatic rings. The van der Waals surface area contributed by atoms with Crippen LogP contribution in [0.15, 0.2) is 24.3 Å². The highest BCUT2D eigenvalue weighted by Gasteiger charge is 2.03. The lowest BCUT2D eigenvalue weighted by atomic mass is 10.2. The van der Waals surface area contributed by atoms with Gasteiger partial charge in [0.1, 0.15) is 10.7 Å². The number of rotatable bonds is 5. The predicted molar refractivity (Wildman–Crippen MR) is 69.7 cm³/mol. The van der Waals surface area contributed by atoms with Crippen LogP contribution in [-0.2, 0) is 4.79 Å². The third kappa shape index (κ3) is 4.80. The highest BCUT2D eigenvalue weighted by atomic mass is 32.1. The van der Waals surface area contributed by atoms with E-state index in [1.807, 2.05) is 0 Å². The molecular formula is C11H15N3O2S. The number of carbonyl (C=O) groups excluding carboxylic acids is 1. The molecule has 0 radical (unpaired) electrons. The molecular weight excluding hydrogens is 238 g/mol. The lowest BCUT2D eigenvalue weighted by molar-refractivity contribution is -0.126. The van der Waals surface area contributed by atoms with Gasteiger partial charge in [-0.25, -0.2) is 5.01 Å². The quantitative estimate of drug-likeness (QED) is 0.583. The lowest BCUT2D eigenvalue weighted by Crippen LogP contribution is -2.39. The van der Waals surface area contributed by atoms with Crippen molar-refractivity contribution in [2.24, 2.45) is 5.73 Å². The molecule has 1 rings (SSSR count). The third-order valence-electron chi connectivity index (χ3n) is 1.86. The number of thiocarbonyl (C=S) groups is 1. The highest BCUT2D eigenvalue weighted by molar-refractivity contribution is 7.80. The molecule has 0 aliphatic carbocycles. The summed E-state index contributed by atoms with van der Waals surface area (Å²) >= 11 is 4.83. The van der Waals surface area contributed by atoms with Gasteiger partial charge in [0.15, 0.2) is 6.61 Å². The minimum Gasteiger partial charge on any atom is -0.484 e. The minimum atomic E-state index is -0.214. The molecule has 0 atom stereocenters. The van der Waals surface area contributed by atoms with Gasteiger partial charge in [-0.15, -0.1) is 0 Å². The fourth-order valence-electron chi connectivity index (χ4n) is 1.15. The van der Waals surface area contributed by atoms with E-state index in [0.717, 1.165) is 5.56 Å². The summed E-state index contributed by atoms with van der Waals surface area (Å²) in [5.74, 6) is 0.382. The van der Waals surface area contributed by atoms with Gasteiger partial charge < -0.3 is 10.5 Å². The van der Waals surface area contributed by atoms with Gasteiger partial charge in [-0.1, -0.05) is 12.2 Å². The Morgan fingerprint density at radius 2 is 2.00 bits per heavy atom. The van der Waals surface area contributed by atoms with Crippen LogP contribution >= 0.6 is 12.2 Å². The lowest BCUT2D eigenvalue weighted by Gasteiger charge is -2.12. The number of hydrogen-bond donors (Lipinski definition) is 2. The van der Waals surface area contributed by atoms with E-state index in [4.69, 9.17) is 22.7 Å². The molecule has 0 unspecified atom stereocenters. The molecule has 17 heavy (non-hydrogen) atoms. The molecule has 3 N–H and O–H groups in total. The molecule has 1 amide bonds. The van der Waals surface area contributed by atoms with Gasteiger partial charge in [-0.2, -0.15) is 0 Å². The Hall–Kier alpha value is -1.66. The Labute approximate surface area is 106 Å². The van der Waals surface area contributed by atoms with Gasteiger partial charge in [0.05, 0.1) is 0 Å². The van der Waals surface area contributed by atoms with E-state index >= 15 is 0 Å². The van der Waals surface area contributed by atoms with Crippen molar-refractivity contribution < 1.29 is 9.53 Å². The maximum atomic E-state index is 11.3. The average molecular weight is 253 g/mol. The summed E-state index contributed by atoms with van der Waals surface area (Å²) in [6, 6.07) is 6.94. The summed E-state index contributed by atoms with van der Waals surface area (Å²) in [7, 11) is 3.46. The van der Waals surface area contributed by atoms with Gasteiger partial charge >= 0.3 is 0 Å². The zero-order valence-corrected chi connectivity index (χ0v) is 10.6. The second kappa shape index (κ2) is 6.17. The van der Waals surface area contributed by atoms with Gasteiger partial charge in [-0.05, 0) is 24.3 Å². The molecule has 1 aromatic carbocycles. The molecule has 0 spiro atoms. The first kappa shape index (κ1) is 13.4. The maximum absolute atomic E-state index is 11.3. The summed E-state index contributed by atoms with van der Waals surface area (Å²) in [4.78, 5) is 11.6. The smallest absolute Gasteiger partial charge is 0.272 e. The van der Waals surface area contributed by atoms with Crippen molar-refractivity contribution in [1.82, 2.24) is 10.4 Å². The Morgan fingerprint density at radius 1 is 1.41 bits per heavy atom. The van der Waals surface area contributed by atoms with Crippen LogP contribution in [0.3, 0.4) is 0 Å². The van der Waals surface area contributed by atoms with Crippen molar-refractivity contribution in [2.45, 2.75) is 0 Å². The van der Waals surface area contributed by atoms with Crippen LogP contribution in [-0.4, -0.2) is 36.6 Å². The van der Waals surface area contributed by atoms with E-state index in [1.165, 1.54) is 0 Å². The van der Waals surface area contributed by atoms with Gasteiger partial charge in [0.2, 0.25) is 0 Å². The van der Waals surface area contributed by atoms with Crippen molar-refractivity contribution in [2.75, 3.05) is 20.7 Å². The van der Waals surface area contributed by atoms with Crippen molar-refractivity contribution in [3.05, 3.63) is 29.8 Å². The number of carbonyl (C=O) groups is 1. The maximum Gasteiger partial charge on any atom is 0.272 e. The van der Waals surface area contributed by atoms with Crippen LogP contribution in [0, 0.1) is 0 Å². The first-order valence-electron chi connectivity index (χ1n) is 4.98. The van der Waals surface area contributed by atoms with E-state index in [1.54, 1.807) is 43.4 Å². The first-order chi connectivity index (χ1) is 7.99. The molecule has 92 valence electrons. The van der Waals surface area contributed by atoms with Crippen LogP contribution in [0.1, 0.15) is 5.56 Å². The second-order valence-corrected chi connectivity index (χ2v) is 4.05. The SMILES string of the molecule is CN(C)NC(=O)COc1ccc(C(N)=S)cc1. The van der Waals surface area contributed by atoms with Crippen molar-refractivity contribution in [3.8, 4) is 5.75 Å². The molecule has 0 fully saturated rings. The predicted octanol–water partition coefficient (Wildman–Crippen LogP) is 0.292. The van der Waals surface area contributed by atoms with E-state index < -0.39 is 0 Å². The fourth-order valence-corrected chi connectivity index (χ4v) is 1.28. The summed E-state index contributed by atoms with van der Waals surface area (Å²) in [6.45, 7) is -0.0371. The largest absolute Gasteiger partial charge is 0.484 e. The average Bonchev–Trinajstić information content (AvgIpc) is 2.26. The monoisotopic (exact) mass is 253 g/mol. The molecule has 1 aromatic rings. The van der Waals surface area contributed by atoms with Crippen molar-refractivity contribution in [3.63, 3.8) is 0 Å². The van der Waals surface area contributed by atoms with Crippen LogP contribution in [0.25, 0.3) is 0 Å². The standard InChI is InChI=1S/C11H15N3O2S/c1-14(2)13-10(15)7-16-9-5-3-8(4-6-9)11(12)17/h3-6H,7H2,1-2H3,(H2,12,17)(H,13,15). The molecule has 6 heteroatoms. The number of nitrogens with zero attached hydrogens (tertiary/aromatic N) is 1. The molecule has 0 aliphatic heterocycles. The Bertz CT molecular complexity index is 404. The zero-order chi connectivity index (χ0) is 12.8. The van der Waals surface area contributed by atoms with Crippen LogP contribution in [0.5, 0.6) is 5.75 Å². The summed E-state index contributed by atoms with van der Waals surface area (Å²) in [5, 5.41) is 1.56. The normalized spacial score (nSPS) is 10.1. The van der Waals surface area contributed by atoms with E-state index in [-0.39, 0.29) is 12.5 Å². The highest BCUT2D eigenvalue weighted by Crippen LogP contribution is 2.11. The number of amides is 1. The number of nitrogens with two attached hydrogens (primary N) is 1. The van der Waals surface area contributed by atoms with Crippen molar-refractivity contribution >= 4 is 23.1 Å². The van der Waals surface area contributed by atoms with E-state index in [9.17, 15) is 4.79 Å². The molecule has 5 nitrogen and oxygen atoms in total. The number of benzene rings is 1. The number of hydrogen-bond acceptors (Lipinski definition) is 4. The minimum absolute atomic E-state index is 0.0371. The molecule has 0 bridgehead atoms. The zero-order valence-electron chi connectivity index (χ0n) is 9.77. The summed E-state index contributed by atoms with van der Waals surface area (Å²) in [6.07, 6.45) is 0. The van der Waals surface area contributed by atoms with Crippen LogP contribution < -0.4 is 15.9 Å². The fraction of sp³-hybridized carbons (Fsp3) is 0.273. The van der Waals surface area contributed by atoms with Gasteiger partial charge in [0.25, 0.3) is 5.91 Å². The Kier molecular flexibility index (Phi) is 4.86. The topological polar surface area (TPSA) is 67.6 Å². The van der Waals surface area contributed by atoms with E-state index in [2.05, 4.69) is 5.43 Å². The Morgan fingerprint density at radius 3 is 2.47 bits per heavy atom. The van der Waals surface area contributed by atoms with Crippen LogP contribution in [0.2, 0.25) is 0 Å². The van der Waals surface area contributed by atoms with E-state index in [0.29, 0.717) is 10.7 Å². The van der Waals surface area contributed by atoms with Crippen molar-refractivity contribution in [1.29, 1.82) is 0 Å². The summed E-state index contributed by atoms with van der Waals surface area (Å²) in [5.41, 5.74) is 8.80. The number of ether oxygens (including phenoxy) is 1. The summed E-state index contributed by atoms with van der Waals surface area (Å²) < 4.78 is 5.28. The number of nitrogens with one attached hydrogen (secondary N) is 1. The second-order valence-electron chi connectivity index (χ2n) is 3.61. The molecule has 0 saturated carbocycles. The third-order valence-corrected chi connectivity index (χ3v) is 2.09. The Balaban J connectivity index is 2.47. The molecule has 0 heterocycles. The number of hydrazine groups is 1. The van der Waals surface area contributed by atoms with Gasteiger partial charge in [-0.3, -0.25) is 10.2 Å². The first-order valence-corrected chi connectivity index (χ1v) is 5.39. The molecule has 0 aromatic heterocycles.